The fraction of sp³-hybridized carbons (Fsp3) is 0.417. The zero-order chi connectivity index (χ0) is 11.8. The molecule has 0 radical (unpaired) electrons. The van der Waals surface area contributed by atoms with Gasteiger partial charge in [0.2, 0.25) is 5.89 Å². The van der Waals surface area contributed by atoms with Crippen molar-refractivity contribution >= 4 is 11.1 Å². The fourth-order valence-corrected chi connectivity index (χ4v) is 1.48. The van der Waals surface area contributed by atoms with Crippen LogP contribution in [0.4, 0.5) is 0 Å². The van der Waals surface area contributed by atoms with E-state index in [1.54, 1.807) is 7.11 Å². The van der Waals surface area contributed by atoms with Crippen molar-refractivity contribution in [2.45, 2.75) is 25.8 Å². The molecule has 0 saturated carbocycles. The van der Waals surface area contributed by atoms with Crippen LogP contribution >= 0.6 is 0 Å². The number of fused-ring (bicyclic) bond motifs is 1. The van der Waals surface area contributed by atoms with E-state index in [-0.39, 0.29) is 0 Å². The molecule has 86 valence electrons. The first kappa shape index (κ1) is 11.0. The molecule has 2 rings (SSSR count). The van der Waals surface area contributed by atoms with E-state index in [0.29, 0.717) is 17.2 Å². The molecule has 2 N–H and O–H groups in total. The van der Waals surface area contributed by atoms with E-state index >= 15 is 0 Å². The van der Waals surface area contributed by atoms with E-state index in [9.17, 15) is 0 Å². The van der Waals surface area contributed by atoms with Crippen LogP contribution in [0.2, 0.25) is 0 Å². The minimum Gasteiger partial charge on any atom is -0.494 e. The Kier molecular flexibility index (Phi) is 2.59. The first-order valence-electron chi connectivity index (χ1n) is 5.31. The molecule has 0 amide bonds. The van der Waals surface area contributed by atoms with Gasteiger partial charge in [-0.2, -0.15) is 0 Å². The summed E-state index contributed by atoms with van der Waals surface area (Å²) in [7, 11) is 1.62. The summed E-state index contributed by atoms with van der Waals surface area (Å²) in [5.41, 5.74) is 6.99. The van der Waals surface area contributed by atoms with E-state index in [0.717, 1.165) is 11.9 Å². The molecule has 1 atom stereocenters. The van der Waals surface area contributed by atoms with E-state index in [1.807, 2.05) is 32.0 Å². The molecule has 1 aromatic heterocycles. The smallest absolute Gasteiger partial charge is 0.215 e. The molecule has 0 aliphatic carbocycles. The number of nitrogens with two attached hydrogens (primary N) is 1. The summed E-state index contributed by atoms with van der Waals surface area (Å²) >= 11 is 0. The summed E-state index contributed by atoms with van der Waals surface area (Å²) in [6.07, 6.45) is 0.766. The predicted molar refractivity (Wildman–Crippen MR) is 62.4 cm³/mol. The van der Waals surface area contributed by atoms with Crippen LogP contribution in [0.15, 0.2) is 22.6 Å². The first-order valence-corrected chi connectivity index (χ1v) is 5.31. The van der Waals surface area contributed by atoms with Crippen molar-refractivity contribution in [1.82, 2.24) is 4.98 Å². The zero-order valence-corrected chi connectivity index (χ0v) is 9.78. The number of hydrogen-bond donors (Lipinski definition) is 1. The lowest BCUT2D eigenvalue weighted by atomic mass is 10.0. The standard InChI is InChI=1S/C12H16N2O2/c1-4-12(2,13)11-14-10-8(15-3)6-5-7-9(10)16-11/h5-7H,4,13H2,1-3H3. The lowest BCUT2D eigenvalue weighted by molar-refractivity contribution is 0.356. The van der Waals surface area contributed by atoms with Crippen molar-refractivity contribution in [2.24, 2.45) is 5.73 Å². The summed E-state index contributed by atoms with van der Waals surface area (Å²) < 4.78 is 10.9. The number of aromatic nitrogens is 1. The van der Waals surface area contributed by atoms with E-state index < -0.39 is 5.54 Å². The highest BCUT2D eigenvalue weighted by atomic mass is 16.5. The molecular formula is C12H16N2O2. The molecule has 4 nitrogen and oxygen atoms in total. The number of benzene rings is 1. The van der Waals surface area contributed by atoms with Crippen molar-refractivity contribution in [3.63, 3.8) is 0 Å². The number of rotatable bonds is 3. The lowest BCUT2D eigenvalue weighted by Crippen LogP contribution is -2.32. The van der Waals surface area contributed by atoms with Gasteiger partial charge in [-0.1, -0.05) is 13.0 Å². The van der Waals surface area contributed by atoms with Crippen LogP contribution in [0, 0.1) is 0 Å². The number of oxazole rings is 1. The maximum absolute atomic E-state index is 6.10. The minimum atomic E-state index is -0.538. The Morgan fingerprint density at radius 1 is 1.50 bits per heavy atom. The van der Waals surface area contributed by atoms with Crippen LogP contribution in [0.5, 0.6) is 5.75 Å². The van der Waals surface area contributed by atoms with Gasteiger partial charge in [0, 0.05) is 0 Å². The van der Waals surface area contributed by atoms with Gasteiger partial charge in [0.1, 0.15) is 5.75 Å². The molecule has 0 spiro atoms. The second-order valence-electron chi connectivity index (χ2n) is 4.10. The van der Waals surface area contributed by atoms with Gasteiger partial charge in [-0.15, -0.1) is 0 Å². The molecule has 2 aromatic rings. The second kappa shape index (κ2) is 3.79. The molecule has 0 fully saturated rings. The Morgan fingerprint density at radius 2 is 2.25 bits per heavy atom. The fourth-order valence-electron chi connectivity index (χ4n) is 1.48. The SMILES string of the molecule is CCC(C)(N)c1nc2c(OC)cccc2o1. The van der Waals surface area contributed by atoms with Gasteiger partial charge in [-0.25, -0.2) is 4.98 Å². The normalized spacial score (nSPS) is 15.0. The van der Waals surface area contributed by atoms with Crippen molar-refractivity contribution in [1.29, 1.82) is 0 Å². The Balaban J connectivity index is 2.60. The number of para-hydroxylation sites is 1. The molecule has 1 unspecified atom stereocenters. The van der Waals surface area contributed by atoms with Gasteiger partial charge in [-0.3, -0.25) is 0 Å². The van der Waals surface area contributed by atoms with Crippen LogP contribution in [-0.2, 0) is 5.54 Å². The van der Waals surface area contributed by atoms with Crippen LogP contribution in [0.25, 0.3) is 11.1 Å². The molecule has 0 saturated heterocycles. The molecular weight excluding hydrogens is 204 g/mol. The minimum absolute atomic E-state index is 0.538. The predicted octanol–water partition coefficient (Wildman–Crippen LogP) is 2.42. The Bertz CT molecular complexity index is 503. The van der Waals surface area contributed by atoms with Gasteiger partial charge < -0.3 is 14.9 Å². The van der Waals surface area contributed by atoms with Gasteiger partial charge in [-0.05, 0) is 25.5 Å². The van der Waals surface area contributed by atoms with Gasteiger partial charge in [0.15, 0.2) is 11.1 Å². The highest BCUT2D eigenvalue weighted by Gasteiger charge is 2.26. The third kappa shape index (κ3) is 1.65. The largest absolute Gasteiger partial charge is 0.494 e. The van der Waals surface area contributed by atoms with Crippen molar-refractivity contribution in [3.05, 3.63) is 24.1 Å². The van der Waals surface area contributed by atoms with Gasteiger partial charge in [0.05, 0.1) is 12.6 Å². The number of methoxy groups -OCH3 is 1. The third-order valence-corrected chi connectivity index (χ3v) is 2.82. The van der Waals surface area contributed by atoms with Crippen molar-refractivity contribution in [3.8, 4) is 5.75 Å². The van der Waals surface area contributed by atoms with Crippen LogP contribution in [0.3, 0.4) is 0 Å². The summed E-state index contributed by atoms with van der Waals surface area (Å²) in [6, 6.07) is 5.59. The number of ether oxygens (including phenoxy) is 1. The summed E-state index contributed by atoms with van der Waals surface area (Å²) in [4.78, 5) is 4.41. The quantitative estimate of drug-likeness (QED) is 0.862. The molecule has 1 aromatic carbocycles. The van der Waals surface area contributed by atoms with Gasteiger partial charge in [0.25, 0.3) is 0 Å². The average Bonchev–Trinajstić information content (AvgIpc) is 2.73. The van der Waals surface area contributed by atoms with Crippen molar-refractivity contribution in [2.75, 3.05) is 7.11 Å². The van der Waals surface area contributed by atoms with E-state index in [2.05, 4.69) is 4.98 Å². The summed E-state index contributed by atoms with van der Waals surface area (Å²) in [5.74, 6) is 1.26. The Morgan fingerprint density at radius 3 is 2.88 bits per heavy atom. The maximum Gasteiger partial charge on any atom is 0.215 e. The molecule has 16 heavy (non-hydrogen) atoms. The Labute approximate surface area is 94.4 Å². The average molecular weight is 220 g/mol. The molecule has 0 aliphatic rings. The zero-order valence-electron chi connectivity index (χ0n) is 9.78. The molecule has 0 aliphatic heterocycles. The number of nitrogens with zero attached hydrogens (tertiary/aromatic N) is 1. The van der Waals surface area contributed by atoms with Crippen molar-refractivity contribution < 1.29 is 9.15 Å². The van der Waals surface area contributed by atoms with Gasteiger partial charge >= 0.3 is 0 Å². The van der Waals surface area contributed by atoms with Crippen LogP contribution < -0.4 is 10.5 Å². The maximum atomic E-state index is 6.10. The summed E-state index contributed by atoms with van der Waals surface area (Å²) in [5, 5.41) is 0. The topological polar surface area (TPSA) is 61.3 Å². The third-order valence-electron chi connectivity index (χ3n) is 2.82. The summed E-state index contributed by atoms with van der Waals surface area (Å²) in [6.45, 7) is 3.91. The number of hydrogen-bond acceptors (Lipinski definition) is 4. The molecule has 4 heteroatoms. The molecule has 0 bridgehead atoms. The highest BCUT2D eigenvalue weighted by molar-refractivity contribution is 5.79. The van der Waals surface area contributed by atoms with E-state index in [4.69, 9.17) is 14.9 Å². The highest BCUT2D eigenvalue weighted by Crippen LogP contribution is 2.29. The molecule has 1 heterocycles. The van der Waals surface area contributed by atoms with E-state index in [1.165, 1.54) is 0 Å². The lowest BCUT2D eigenvalue weighted by Gasteiger charge is -2.17. The van der Waals surface area contributed by atoms with Crippen LogP contribution in [0.1, 0.15) is 26.2 Å². The monoisotopic (exact) mass is 220 g/mol. The second-order valence-corrected chi connectivity index (χ2v) is 4.10. The Hall–Kier alpha value is -1.55. The first-order chi connectivity index (χ1) is 7.58. The van der Waals surface area contributed by atoms with Crippen LogP contribution in [-0.4, -0.2) is 12.1 Å².